The molecule has 0 bridgehead atoms. The minimum absolute atomic E-state index is 0.0252. The fourth-order valence-corrected chi connectivity index (χ4v) is 8.47. The van der Waals surface area contributed by atoms with Gasteiger partial charge in [-0.25, -0.2) is 9.78 Å². The lowest BCUT2D eigenvalue weighted by Crippen LogP contribution is -2.49. The van der Waals surface area contributed by atoms with Crippen LogP contribution in [0, 0.1) is 0 Å². The number of methoxy groups -OCH3 is 1. The van der Waals surface area contributed by atoms with Gasteiger partial charge >= 0.3 is 6.09 Å². The molecule has 5 heterocycles. The van der Waals surface area contributed by atoms with Gasteiger partial charge in [-0.1, -0.05) is 84.9 Å². The van der Waals surface area contributed by atoms with Crippen LogP contribution in [0.25, 0.3) is 22.5 Å². The van der Waals surface area contributed by atoms with Gasteiger partial charge in [0.25, 0.3) is 5.91 Å². The highest BCUT2D eigenvalue weighted by Gasteiger charge is 2.40. The Morgan fingerprint density at radius 2 is 1.43 bits per heavy atom. The van der Waals surface area contributed by atoms with E-state index in [9.17, 15) is 14.4 Å². The summed E-state index contributed by atoms with van der Waals surface area (Å²) < 4.78 is 4.84. The second-order valence-electron chi connectivity index (χ2n) is 15.3. The van der Waals surface area contributed by atoms with E-state index < -0.39 is 12.1 Å². The Bertz CT molecular complexity index is 2240. The second-order valence-corrected chi connectivity index (χ2v) is 15.3. The third-order valence-corrected chi connectivity index (χ3v) is 11.4. The minimum Gasteiger partial charge on any atom is -0.453 e. The number of likely N-dealkylation sites (tertiary alicyclic amines) is 2. The van der Waals surface area contributed by atoms with Crippen LogP contribution in [0.2, 0.25) is 0 Å². The van der Waals surface area contributed by atoms with Gasteiger partial charge in [-0.2, -0.15) is 0 Å². The molecule has 5 atom stereocenters. The molecule has 3 aliphatic heterocycles. The fraction of sp³-hybridized carbons (Fsp3) is 0.333. The molecule has 1 unspecified atom stereocenters. The number of nitrogens with zero attached hydrogens (tertiary/aromatic N) is 6. The number of aromatic amines is 1. The van der Waals surface area contributed by atoms with Gasteiger partial charge in [-0.15, -0.1) is 0 Å². The zero-order chi connectivity index (χ0) is 40.2. The first-order valence-corrected chi connectivity index (χ1v) is 19.9. The molecule has 13 nitrogen and oxygen atoms in total. The molecule has 58 heavy (non-hydrogen) atoms. The predicted molar refractivity (Wildman–Crippen MR) is 221 cm³/mol. The summed E-state index contributed by atoms with van der Waals surface area (Å²) in [6.07, 6.45) is 6.44. The van der Waals surface area contributed by atoms with E-state index >= 15 is 0 Å². The Balaban J connectivity index is 0.897. The minimum atomic E-state index is -0.860. The molecule has 13 heteroatoms. The molecule has 2 saturated heterocycles. The highest BCUT2D eigenvalue weighted by Crippen LogP contribution is 2.35. The van der Waals surface area contributed by atoms with E-state index in [1.54, 1.807) is 0 Å². The van der Waals surface area contributed by atoms with Gasteiger partial charge in [0.1, 0.15) is 23.7 Å². The number of alkyl carbamates (subject to hydrolysis) is 1. The standard InChI is InChI=1S/C45H49N9O4/c1-52(2)40(32-14-8-5-9-15-32)44(56)54-25-11-17-38(54)42-48-28-36(50-42)33-22-23-34(46-26-33)29-18-20-30(21-19-29)35-27-47-41(49-35)37-16-10-24-53(37)43(55)39(51-45(57)58-3)31-12-6-4-7-13-31/h4-9,12-15,18-23,26,28,35,37-40H,10-11,16-17,24-25,27H2,1-3H3,(H,47,49)(H,48,50)(H,51,57)/t35?,37-,38-,39+,40+/m0/s1. The van der Waals surface area contributed by atoms with Crippen LogP contribution >= 0.6 is 0 Å². The zero-order valence-electron chi connectivity index (χ0n) is 33.0. The van der Waals surface area contributed by atoms with E-state index in [2.05, 4.69) is 39.9 Å². The zero-order valence-corrected chi connectivity index (χ0v) is 33.0. The maximum Gasteiger partial charge on any atom is 0.407 e. The number of aliphatic imine (C=N–C) groups is 1. The highest BCUT2D eigenvalue weighted by atomic mass is 16.5. The number of likely N-dealkylation sites (N-methyl/N-ethyl adjacent to an activating group) is 1. The van der Waals surface area contributed by atoms with Crippen LogP contribution < -0.4 is 10.6 Å². The highest BCUT2D eigenvalue weighted by molar-refractivity contribution is 5.95. The van der Waals surface area contributed by atoms with Crippen LogP contribution in [0.4, 0.5) is 4.79 Å². The van der Waals surface area contributed by atoms with Gasteiger partial charge in [0.15, 0.2) is 0 Å². The maximum atomic E-state index is 13.9. The maximum absolute atomic E-state index is 13.9. The number of amides is 3. The van der Waals surface area contributed by atoms with E-state index in [-0.39, 0.29) is 36.0 Å². The number of rotatable bonds is 11. The number of nitrogens with one attached hydrogen (secondary N) is 3. The number of ether oxygens (including phenoxy) is 1. The van der Waals surface area contributed by atoms with Crippen molar-refractivity contribution in [3.8, 4) is 22.5 Å². The number of aromatic nitrogens is 3. The van der Waals surface area contributed by atoms with Crippen molar-refractivity contribution >= 4 is 23.7 Å². The van der Waals surface area contributed by atoms with Gasteiger partial charge < -0.3 is 30.2 Å². The summed E-state index contributed by atoms with van der Waals surface area (Å²) in [6, 6.07) is 30.0. The predicted octanol–water partition coefficient (Wildman–Crippen LogP) is 6.24. The lowest BCUT2D eigenvalue weighted by atomic mass is 10.0. The fourth-order valence-electron chi connectivity index (χ4n) is 8.47. The molecule has 0 saturated carbocycles. The topological polar surface area (TPSA) is 148 Å². The van der Waals surface area contributed by atoms with Gasteiger partial charge in [0.2, 0.25) is 5.91 Å². The van der Waals surface area contributed by atoms with E-state index in [0.29, 0.717) is 25.2 Å². The molecule has 3 amide bonds. The largest absolute Gasteiger partial charge is 0.453 e. The molecule has 0 spiro atoms. The number of carbonyl (C=O) groups excluding carboxylic acids is 3. The van der Waals surface area contributed by atoms with E-state index in [0.717, 1.165) is 71.0 Å². The third kappa shape index (κ3) is 7.94. The quantitative estimate of drug-likeness (QED) is 0.143. The number of hydrogen-bond acceptors (Lipinski definition) is 9. The molecule has 3 aromatic carbocycles. The van der Waals surface area contributed by atoms with Crippen LogP contribution in [0.15, 0.2) is 114 Å². The van der Waals surface area contributed by atoms with Crippen molar-refractivity contribution in [2.45, 2.75) is 55.9 Å². The lowest BCUT2D eigenvalue weighted by molar-refractivity contribution is -0.137. The molecule has 0 aliphatic carbocycles. The second kappa shape index (κ2) is 17.0. The molecular formula is C45H49N9O4. The molecule has 8 rings (SSSR count). The van der Waals surface area contributed by atoms with Crippen molar-refractivity contribution in [3.63, 3.8) is 0 Å². The number of hydrogen-bond donors (Lipinski definition) is 3. The number of benzene rings is 3. The first-order chi connectivity index (χ1) is 28.3. The van der Waals surface area contributed by atoms with Crippen LogP contribution in [-0.4, -0.2) is 100 Å². The van der Waals surface area contributed by atoms with Crippen LogP contribution in [0.1, 0.15) is 72.4 Å². The number of amidine groups is 1. The summed E-state index contributed by atoms with van der Waals surface area (Å²) in [7, 11) is 5.18. The number of imidazole rings is 1. The van der Waals surface area contributed by atoms with Crippen molar-refractivity contribution in [1.29, 1.82) is 0 Å². The molecular weight excluding hydrogens is 731 g/mol. The average molecular weight is 780 g/mol. The number of H-pyrrole nitrogens is 1. The Hall–Kier alpha value is -6.34. The first-order valence-electron chi connectivity index (χ1n) is 19.9. The molecule has 0 radical (unpaired) electrons. The van der Waals surface area contributed by atoms with Gasteiger partial charge in [-0.3, -0.25) is 24.5 Å². The Labute approximate surface area is 338 Å². The molecule has 3 aliphatic rings. The van der Waals surface area contributed by atoms with Gasteiger partial charge in [-0.05, 0) is 68.6 Å². The van der Waals surface area contributed by atoms with E-state index in [1.807, 2.05) is 114 Å². The van der Waals surface area contributed by atoms with Crippen LogP contribution in [0.3, 0.4) is 0 Å². The van der Waals surface area contributed by atoms with Crippen molar-refractivity contribution in [3.05, 3.63) is 132 Å². The van der Waals surface area contributed by atoms with Crippen molar-refractivity contribution in [2.24, 2.45) is 4.99 Å². The summed E-state index contributed by atoms with van der Waals surface area (Å²) in [5, 5.41) is 6.32. The van der Waals surface area contributed by atoms with Crippen molar-refractivity contribution in [2.75, 3.05) is 40.8 Å². The normalized spacial score (nSPS) is 20.1. The lowest BCUT2D eigenvalue weighted by Gasteiger charge is -2.31. The number of carbonyl (C=O) groups is 3. The Kier molecular flexibility index (Phi) is 11.3. The molecule has 5 aromatic rings. The van der Waals surface area contributed by atoms with Crippen LogP contribution in [0.5, 0.6) is 0 Å². The summed E-state index contributed by atoms with van der Waals surface area (Å²) in [5.74, 6) is 1.48. The smallest absolute Gasteiger partial charge is 0.407 e. The number of pyridine rings is 1. The Morgan fingerprint density at radius 3 is 2.09 bits per heavy atom. The summed E-state index contributed by atoms with van der Waals surface area (Å²) in [5.41, 5.74) is 6.39. The van der Waals surface area contributed by atoms with Crippen LogP contribution in [-0.2, 0) is 14.3 Å². The molecule has 2 fully saturated rings. The van der Waals surface area contributed by atoms with E-state index in [4.69, 9.17) is 19.7 Å². The molecule has 298 valence electrons. The molecule has 2 aromatic heterocycles. The van der Waals surface area contributed by atoms with E-state index in [1.165, 1.54) is 7.11 Å². The summed E-state index contributed by atoms with van der Waals surface area (Å²) in [4.78, 5) is 63.7. The molecule has 3 N–H and O–H groups in total. The van der Waals surface area contributed by atoms with Gasteiger partial charge in [0, 0.05) is 30.4 Å². The SMILES string of the molecule is COC(=O)N[C@@H](C(=O)N1CCC[C@H]1C1=NCC(c2ccc(-c3ccc(-c4cnc([C@@H]5CCCN5C(=O)[C@@H](c5ccccc5)N(C)C)[nH]4)cn3)cc2)N1)c1ccccc1. The third-order valence-electron chi connectivity index (χ3n) is 11.4. The van der Waals surface area contributed by atoms with Crippen molar-refractivity contribution < 1.29 is 19.1 Å². The van der Waals surface area contributed by atoms with Crippen molar-refractivity contribution in [1.82, 2.24) is 40.3 Å². The first kappa shape index (κ1) is 38.5. The average Bonchev–Trinajstić information content (AvgIpc) is 4.11. The van der Waals surface area contributed by atoms with Gasteiger partial charge in [0.05, 0.1) is 49.4 Å². The monoisotopic (exact) mass is 779 g/mol. The summed E-state index contributed by atoms with van der Waals surface area (Å²) >= 11 is 0. The Morgan fingerprint density at radius 1 is 0.776 bits per heavy atom. The summed E-state index contributed by atoms with van der Waals surface area (Å²) in [6.45, 7) is 1.84.